The minimum absolute atomic E-state index is 0.494. The average molecular weight is 125 g/mol. The highest BCUT2D eigenvalue weighted by Crippen LogP contribution is 1.91. The van der Waals surface area contributed by atoms with Crippen LogP contribution in [0.4, 0.5) is 0 Å². The van der Waals surface area contributed by atoms with Crippen LogP contribution in [0, 0.1) is 5.41 Å². The van der Waals surface area contributed by atoms with E-state index < -0.39 is 0 Å². The lowest BCUT2D eigenvalue weighted by Crippen LogP contribution is -1.81. The van der Waals surface area contributed by atoms with E-state index in [1.807, 2.05) is 0 Å². The van der Waals surface area contributed by atoms with Gasteiger partial charge in [-0.2, -0.15) is 0 Å². The van der Waals surface area contributed by atoms with E-state index in [-0.39, 0.29) is 0 Å². The number of allylic oxidation sites excluding steroid dienone is 2. The van der Waals surface area contributed by atoms with Crippen LogP contribution in [0.25, 0.3) is 0 Å². The van der Waals surface area contributed by atoms with E-state index in [9.17, 15) is 0 Å². The van der Waals surface area contributed by atoms with Crippen molar-refractivity contribution in [2.45, 2.75) is 6.92 Å². The van der Waals surface area contributed by atoms with Crippen molar-refractivity contribution in [1.82, 2.24) is 0 Å². The van der Waals surface area contributed by atoms with E-state index in [0.717, 1.165) is 0 Å². The van der Waals surface area contributed by atoms with Crippen LogP contribution in [-0.2, 0) is 4.74 Å². The molecule has 0 saturated carbocycles. The molecule has 0 unspecified atom stereocenters. The zero-order valence-electron chi connectivity index (χ0n) is 5.77. The highest BCUT2D eigenvalue weighted by Gasteiger charge is 1.80. The first-order valence-corrected chi connectivity index (χ1v) is 2.63. The standard InChI is InChI=1S/C7H11NO/c1-6(8)4-5-7(2)9-3/h4-5,8H,2H2,1,3H3/b5-4-,8-6?. The first kappa shape index (κ1) is 7.95. The van der Waals surface area contributed by atoms with Crippen LogP contribution < -0.4 is 0 Å². The van der Waals surface area contributed by atoms with Gasteiger partial charge in [-0.3, -0.25) is 0 Å². The molecule has 0 heterocycles. The lowest BCUT2D eigenvalue weighted by molar-refractivity contribution is 0.309. The van der Waals surface area contributed by atoms with Gasteiger partial charge in [0.2, 0.25) is 0 Å². The maximum Gasteiger partial charge on any atom is 0.111 e. The third-order valence-corrected chi connectivity index (χ3v) is 0.781. The van der Waals surface area contributed by atoms with Crippen molar-refractivity contribution < 1.29 is 4.74 Å². The molecule has 0 aliphatic rings. The van der Waals surface area contributed by atoms with Gasteiger partial charge >= 0.3 is 0 Å². The number of ether oxygens (including phenoxy) is 1. The lowest BCUT2D eigenvalue weighted by atomic mass is 10.3. The first-order valence-electron chi connectivity index (χ1n) is 2.63. The van der Waals surface area contributed by atoms with Gasteiger partial charge in [-0.05, 0) is 19.1 Å². The number of methoxy groups -OCH3 is 1. The predicted molar refractivity (Wildman–Crippen MR) is 38.7 cm³/mol. The van der Waals surface area contributed by atoms with E-state index in [2.05, 4.69) is 6.58 Å². The van der Waals surface area contributed by atoms with Gasteiger partial charge in [0.05, 0.1) is 7.11 Å². The van der Waals surface area contributed by atoms with E-state index >= 15 is 0 Å². The van der Waals surface area contributed by atoms with Crippen molar-refractivity contribution in [3.8, 4) is 0 Å². The van der Waals surface area contributed by atoms with Crippen LogP contribution in [0.3, 0.4) is 0 Å². The van der Waals surface area contributed by atoms with Gasteiger partial charge in [0.1, 0.15) is 5.76 Å². The normalized spacial score (nSPS) is 9.56. The number of hydrogen-bond donors (Lipinski definition) is 1. The molecule has 2 nitrogen and oxygen atoms in total. The summed E-state index contributed by atoms with van der Waals surface area (Å²) in [6, 6.07) is 0. The molecular weight excluding hydrogens is 114 g/mol. The highest BCUT2D eigenvalue weighted by molar-refractivity contribution is 5.90. The monoisotopic (exact) mass is 125 g/mol. The van der Waals surface area contributed by atoms with Crippen molar-refractivity contribution in [2.24, 2.45) is 0 Å². The summed E-state index contributed by atoms with van der Waals surface area (Å²) in [6.45, 7) is 5.23. The van der Waals surface area contributed by atoms with E-state index in [1.54, 1.807) is 26.2 Å². The maximum absolute atomic E-state index is 6.98. The van der Waals surface area contributed by atoms with Crippen LogP contribution >= 0.6 is 0 Å². The molecule has 0 aliphatic carbocycles. The smallest absolute Gasteiger partial charge is 0.111 e. The minimum atomic E-state index is 0.494. The SMILES string of the molecule is C=C(/C=C\C(C)=N)OC. The molecule has 2 heteroatoms. The summed E-state index contributed by atoms with van der Waals surface area (Å²) in [5.74, 6) is 0.571. The zero-order chi connectivity index (χ0) is 7.28. The van der Waals surface area contributed by atoms with Gasteiger partial charge in [-0.1, -0.05) is 6.58 Å². The number of nitrogens with one attached hydrogen (secondary N) is 1. The molecule has 0 saturated heterocycles. The molecule has 0 atom stereocenters. The summed E-state index contributed by atoms with van der Waals surface area (Å²) in [5.41, 5.74) is 0.494. The molecule has 0 aromatic rings. The Morgan fingerprint density at radius 2 is 2.11 bits per heavy atom. The van der Waals surface area contributed by atoms with Crippen molar-refractivity contribution in [2.75, 3.05) is 7.11 Å². The molecule has 0 aliphatic heterocycles. The van der Waals surface area contributed by atoms with E-state index in [0.29, 0.717) is 11.5 Å². The summed E-state index contributed by atoms with van der Waals surface area (Å²) in [5, 5.41) is 6.98. The van der Waals surface area contributed by atoms with Gasteiger partial charge in [-0.15, -0.1) is 0 Å². The first-order chi connectivity index (χ1) is 4.16. The molecule has 0 amide bonds. The fourth-order valence-electron chi connectivity index (χ4n) is 0.286. The van der Waals surface area contributed by atoms with Crippen LogP contribution in [0.1, 0.15) is 6.92 Å². The van der Waals surface area contributed by atoms with Crippen molar-refractivity contribution in [3.05, 3.63) is 24.5 Å². The molecule has 50 valence electrons. The van der Waals surface area contributed by atoms with Crippen molar-refractivity contribution >= 4 is 5.71 Å². The molecule has 0 aromatic carbocycles. The number of hydrogen-bond acceptors (Lipinski definition) is 2. The summed E-state index contributed by atoms with van der Waals surface area (Å²) in [4.78, 5) is 0. The maximum atomic E-state index is 6.98. The van der Waals surface area contributed by atoms with Crippen LogP contribution in [-0.4, -0.2) is 12.8 Å². The predicted octanol–water partition coefficient (Wildman–Crippen LogP) is 1.74. The Balaban J connectivity index is 3.71. The second-order valence-corrected chi connectivity index (χ2v) is 1.69. The fourth-order valence-corrected chi connectivity index (χ4v) is 0.286. The molecular formula is C7H11NO. The van der Waals surface area contributed by atoms with Gasteiger partial charge in [0.15, 0.2) is 0 Å². The van der Waals surface area contributed by atoms with Crippen LogP contribution in [0.2, 0.25) is 0 Å². The Bertz CT molecular complexity index is 147. The third-order valence-electron chi connectivity index (χ3n) is 0.781. The average Bonchev–Trinajstić information content (AvgIpc) is 1.83. The zero-order valence-corrected chi connectivity index (χ0v) is 5.77. The largest absolute Gasteiger partial charge is 0.497 e. The molecule has 0 bridgehead atoms. The topological polar surface area (TPSA) is 33.1 Å². The molecule has 9 heavy (non-hydrogen) atoms. The third kappa shape index (κ3) is 4.81. The van der Waals surface area contributed by atoms with Gasteiger partial charge in [0, 0.05) is 5.71 Å². The molecule has 1 N–H and O–H groups in total. The number of rotatable bonds is 3. The molecule has 0 aromatic heterocycles. The van der Waals surface area contributed by atoms with Gasteiger partial charge in [-0.25, -0.2) is 0 Å². The summed E-state index contributed by atoms with van der Waals surface area (Å²) < 4.78 is 4.72. The fraction of sp³-hybridized carbons (Fsp3) is 0.286. The summed E-state index contributed by atoms with van der Waals surface area (Å²) in [6.07, 6.45) is 3.29. The molecule has 0 spiro atoms. The van der Waals surface area contributed by atoms with Gasteiger partial charge < -0.3 is 10.1 Å². The second kappa shape index (κ2) is 3.89. The Morgan fingerprint density at radius 3 is 2.44 bits per heavy atom. The van der Waals surface area contributed by atoms with Crippen LogP contribution in [0.5, 0.6) is 0 Å². The van der Waals surface area contributed by atoms with Gasteiger partial charge in [0.25, 0.3) is 0 Å². The minimum Gasteiger partial charge on any atom is -0.497 e. The Kier molecular flexibility index (Phi) is 3.44. The quantitative estimate of drug-likeness (QED) is 0.348. The van der Waals surface area contributed by atoms with Crippen molar-refractivity contribution in [1.29, 1.82) is 5.41 Å². The Labute approximate surface area is 55.3 Å². The summed E-state index contributed by atoms with van der Waals surface area (Å²) in [7, 11) is 1.55. The second-order valence-electron chi connectivity index (χ2n) is 1.69. The molecule has 0 fully saturated rings. The Hall–Kier alpha value is -1.05. The van der Waals surface area contributed by atoms with E-state index in [4.69, 9.17) is 10.1 Å². The van der Waals surface area contributed by atoms with Crippen molar-refractivity contribution in [3.63, 3.8) is 0 Å². The van der Waals surface area contributed by atoms with E-state index in [1.165, 1.54) is 0 Å². The highest BCUT2D eigenvalue weighted by atomic mass is 16.5. The molecule has 0 radical (unpaired) electrons. The summed E-state index contributed by atoms with van der Waals surface area (Å²) >= 11 is 0. The lowest BCUT2D eigenvalue weighted by Gasteiger charge is -1.93. The Morgan fingerprint density at radius 1 is 1.56 bits per heavy atom. The molecule has 0 rings (SSSR count). The van der Waals surface area contributed by atoms with Crippen LogP contribution in [0.15, 0.2) is 24.5 Å².